The van der Waals surface area contributed by atoms with Crippen molar-refractivity contribution in [3.8, 4) is 0 Å². The summed E-state index contributed by atoms with van der Waals surface area (Å²) in [5.41, 5.74) is 2.48. The molecule has 2 atom stereocenters. The van der Waals surface area contributed by atoms with Gasteiger partial charge in [-0.15, -0.1) is 0 Å². The molecule has 5 nitrogen and oxygen atoms in total. The second-order valence-electron chi connectivity index (χ2n) is 7.31. The van der Waals surface area contributed by atoms with Gasteiger partial charge < -0.3 is 10.6 Å². The van der Waals surface area contributed by atoms with Gasteiger partial charge in [0.1, 0.15) is 0 Å². The maximum atomic E-state index is 12.7. The van der Waals surface area contributed by atoms with Crippen molar-refractivity contribution in [3.63, 3.8) is 0 Å². The van der Waals surface area contributed by atoms with E-state index in [0.717, 1.165) is 36.3 Å². The Labute approximate surface area is 171 Å². The van der Waals surface area contributed by atoms with E-state index in [1.54, 1.807) is 12.1 Å². The van der Waals surface area contributed by atoms with Crippen molar-refractivity contribution in [2.75, 3.05) is 23.7 Å². The lowest BCUT2D eigenvalue weighted by molar-refractivity contribution is -0.125. The third-order valence-corrected chi connectivity index (χ3v) is 5.48. The zero-order valence-electron chi connectivity index (χ0n) is 16.2. The van der Waals surface area contributed by atoms with Crippen LogP contribution in [0.1, 0.15) is 25.3 Å². The van der Waals surface area contributed by atoms with Crippen LogP contribution < -0.4 is 10.6 Å². The molecule has 1 aliphatic rings. The number of hydrogen-bond acceptors (Lipinski definition) is 3. The zero-order valence-corrected chi connectivity index (χ0v) is 17.0. The normalized spacial score (nSPS) is 18.3. The summed E-state index contributed by atoms with van der Waals surface area (Å²) >= 11 is 6.04. The fourth-order valence-corrected chi connectivity index (χ4v) is 3.64. The van der Waals surface area contributed by atoms with E-state index in [0.29, 0.717) is 11.6 Å². The van der Waals surface area contributed by atoms with Crippen LogP contribution in [0.2, 0.25) is 5.02 Å². The van der Waals surface area contributed by atoms with Gasteiger partial charge in [0.2, 0.25) is 11.8 Å². The highest BCUT2D eigenvalue weighted by molar-refractivity contribution is 6.31. The molecule has 28 heavy (non-hydrogen) atoms. The molecule has 1 heterocycles. The minimum absolute atomic E-state index is 0.00851. The Morgan fingerprint density at radius 3 is 2.64 bits per heavy atom. The number of aryl methyl sites for hydroxylation is 1. The number of carbonyl (C=O) groups is 2. The van der Waals surface area contributed by atoms with Crippen molar-refractivity contribution >= 4 is 34.8 Å². The van der Waals surface area contributed by atoms with Gasteiger partial charge >= 0.3 is 0 Å². The van der Waals surface area contributed by atoms with E-state index in [9.17, 15) is 9.59 Å². The molecule has 148 valence electrons. The summed E-state index contributed by atoms with van der Waals surface area (Å²) in [5, 5.41) is 6.53. The van der Waals surface area contributed by atoms with Gasteiger partial charge in [0, 0.05) is 22.9 Å². The Bertz CT molecular complexity index is 841. The molecule has 1 aliphatic heterocycles. The summed E-state index contributed by atoms with van der Waals surface area (Å²) in [7, 11) is 0. The molecule has 0 saturated carbocycles. The smallest absolute Gasteiger partial charge is 0.241 e. The first-order valence-corrected chi connectivity index (χ1v) is 9.99. The van der Waals surface area contributed by atoms with Crippen molar-refractivity contribution in [2.45, 2.75) is 32.7 Å². The van der Waals surface area contributed by atoms with Gasteiger partial charge in [-0.3, -0.25) is 14.5 Å². The summed E-state index contributed by atoms with van der Waals surface area (Å²) in [6.07, 6.45) is 1.72. The van der Waals surface area contributed by atoms with Crippen LogP contribution >= 0.6 is 11.6 Å². The van der Waals surface area contributed by atoms with Crippen molar-refractivity contribution in [1.82, 2.24) is 4.90 Å². The van der Waals surface area contributed by atoms with Crippen LogP contribution in [0.15, 0.2) is 48.5 Å². The summed E-state index contributed by atoms with van der Waals surface area (Å²) in [4.78, 5) is 27.4. The van der Waals surface area contributed by atoms with Crippen molar-refractivity contribution < 1.29 is 9.59 Å². The van der Waals surface area contributed by atoms with Crippen LogP contribution in [0.4, 0.5) is 11.4 Å². The van der Waals surface area contributed by atoms with E-state index in [-0.39, 0.29) is 23.8 Å². The molecular formula is C22H26ClN3O2. The topological polar surface area (TPSA) is 61.4 Å². The number of rotatable bonds is 5. The minimum Gasteiger partial charge on any atom is -0.326 e. The molecule has 0 aromatic heterocycles. The van der Waals surface area contributed by atoms with Gasteiger partial charge in [0.15, 0.2) is 0 Å². The molecule has 0 aliphatic carbocycles. The summed E-state index contributed by atoms with van der Waals surface area (Å²) in [5.74, 6) is -0.208. The number of likely N-dealkylation sites (tertiary alicyclic amines) is 1. The molecular weight excluding hydrogens is 374 g/mol. The number of para-hydroxylation sites is 1. The second-order valence-corrected chi connectivity index (χ2v) is 7.75. The molecule has 2 amide bonds. The Hall–Kier alpha value is -2.37. The zero-order chi connectivity index (χ0) is 20.1. The number of nitrogens with zero attached hydrogens (tertiary/aromatic N) is 1. The Morgan fingerprint density at radius 2 is 1.89 bits per heavy atom. The van der Waals surface area contributed by atoms with Gasteiger partial charge in [-0.05, 0) is 63.1 Å². The van der Waals surface area contributed by atoms with E-state index in [1.807, 2.05) is 50.2 Å². The van der Waals surface area contributed by atoms with Crippen LogP contribution in [-0.2, 0) is 9.59 Å². The van der Waals surface area contributed by atoms with Gasteiger partial charge in [0.05, 0.1) is 12.0 Å². The number of anilines is 2. The largest absolute Gasteiger partial charge is 0.326 e. The first-order valence-electron chi connectivity index (χ1n) is 9.61. The number of piperidine rings is 1. The predicted molar refractivity (Wildman–Crippen MR) is 114 cm³/mol. The average Bonchev–Trinajstić information content (AvgIpc) is 2.71. The van der Waals surface area contributed by atoms with Gasteiger partial charge in [-0.25, -0.2) is 0 Å². The lowest BCUT2D eigenvalue weighted by Crippen LogP contribution is -2.49. The van der Waals surface area contributed by atoms with Crippen LogP contribution in [-0.4, -0.2) is 35.8 Å². The minimum atomic E-state index is -0.328. The van der Waals surface area contributed by atoms with Crippen LogP contribution in [0, 0.1) is 12.8 Å². The Kier molecular flexibility index (Phi) is 6.70. The number of hydrogen-bond donors (Lipinski definition) is 2. The van der Waals surface area contributed by atoms with Crippen LogP contribution in [0.5, 0.6) is 0 Å². The standard InChI is InChI=1S/C22H26ClN3O2/c1-15-10-11-18(23)13-20(15)25-21(27)16(2)26-12-6-7-17(14-26)22(28)24-19-8-4-3-5-9-19/h3-5,8-11,13,16-17H,6-7,12,14H2,1-2H3,(H,24,28)(H,25,27)/t16-,17-/m0/s1. The molecule has 1 fully saturated rings. The second kappa shape index (κ2) is 9.22. The number of nitrogens with one attached hydrogen (secondary N) is 2. The lowest BCUT2D eigenvalue weighted by Gasteiger charge is -2.35. The molecule has 6 heteroatoms. The molecule has 0 radical (unpaired) electrons. The third kappa shape index (κ3) is 5.12. The first-order chi connectivity index (χ1) is 13.4. The molecule has 0 unspecified atom stereocenters. The molecule has 3 rings (SSSR count). The summed E-state index contributed by atoms with van der Waals surface area (Å²) in [6.45, 7) is 5.19. The molecule has 0 spiro atoms. The van der Waals surface area contributed by atoms with Crippen LogP contribution in [0.3, 0.4) is 0 Å². The van der Waals surface area contributed by atoms with E-state index >= 15 is 0 Å². The van der Waals surface area contributed by atoms with Crippen molar-refractivity contribution in [3.05, 3.63) is 59.1 Å². The van der Waals surface area contributed by atoms with Crippen molar-refractivity contribution in [2.24, 2.45) is 5.92 Å². The average molecular weight is 400 g/mol. The maximum Gasteiger partial charge on any atom is 0.241 e. The summed E-state index contributed by atoms with van der Waals surface area (Å²) < 4.78 is 0. The van der Waals surface area contributed by atoms with E-state index in [4.69, 9.17) is 11.6 Å². The molecule has 2 aromatic carbocycles. The van der Waals surface area contributed by atoms with Gasteiger partial charge in [0.25, 0.3) is 0 Å². The molecule has 2 N–H and O–H groups in total. The van der Waals surface area contributed by atoms with E-state index < -0.39 is 0 Å². The Balaban J connectivity index is 1.60. The van der Waals surface area contributed by atoms with E-state index in [2.05, 4.69) is 15.5 Å². The lowest BCUT2D eigenvalue weighted by atomic mass is 9.95. The van der Waals surface area contributed by atoms with E-state index in [1.165, 1.54) is 0 Å². The number of amides is 2. The Morgan fingerprint density at radius 1 is 1.14 bits per heavy atom. The highest BCUT2D eigenvalue weighted by atomic mass is 35.5. The predicted octanol–water partition coefficient (Wildman–Crippen LogP) is 4.33. The van der Waals surface area contributed by atoms with Gasteiger partial charge in [-0.1, -0.05) is 35.9 Å². The number of benzene rings is 2. The quantitative estimate of drug-likeness (QED) is 0.786. The van der Waals surface area contributed by atoms with Gasteiger partial charge in [-0.2, -0.15) is 0 Å². The SMILES string of the molecule is Cc1ccc(Cl)cc1NC(=O)[C@H](C)N1CCC[C@H](C(=O)Nc2ccccc2)C1. The fourth-order valence-electron chi connectivity index (χ4n) is 3.47. The third-order valence-electron chi connectivity index (χ3n) is 5.25. The van der Waals surface area contributed by atoms with Crippen LogP contribution in [0.25, 0.3) is 0 Å². The number of carbonyl (C=O) groups excluding carboxylic acids is 2. The maximum absolute atomic E-state index is 12.7. The molecule has 1 saturated heterocycles. The molecule has 2 aromatic rings. The first kappa shape index (κ1) is 20.4. The summed E-state index contributed by atoms with van der Waals surface area (Å²) in [6, 6.07) is 14.6. The fraction of sp³-hybridized carbons (Fsp3) is 0.364. The molecule has 0 bridgehead atoms. The van der Waals surface area contributed by atoms with Crippen molar-refractivity contribution in [1.29, 1.82) is 0 Å². The monoisotopic (exact) mass is 399 g/mol. The highest BCUT2D eigenvalue weighted by Crippen LogP contribution is 2.23. The highest BCUT2D eigenvalue weighted by Gasteiger charge is 2.31. The number of halogens is 1.